The Morgan fingerprint density at radius 2 is 1.89 bits per heavy atom. The van der Waals surface area contributed by atoms with E-state index in [4.69, 9.17) is 4.74 Å². The second-order valence-corrected chi connectivity index (χ2v) is 6.08. The maximum atomic E-state index is 13.5. The minimum atomic E-state index is -4.64. The third kappa shape index (κ3) is 3.90. The third-order valence-electron chi connectivity index (χ3n) is 4.14. The lowest BCUT2D eigenvalue weighted by Gasteiger charge is -2.15. The number of fused-ring (bicyclic) bond motifs is 1. The Morgan fingerprint density at radius 3 is 2.54 bits per heavy atom. The number of hydrogen-bond acceptors (Lipinski definition) is 3. The minimum Gasteiger partial charge on any atom is -0.462 e. The number of rotatable bonds is 4. The SMILES string of the molecule is CCOC(=O)c1cn(Cc2cccc(F)c2)c2ccc(C(F)(F)F)cc2c1=O. The van der Waals surface area contributed by atoms with Gasteiger partial charge < -0.3 is 9.30 Å². The van der Waals surface area contributed by atoms with Crippen molar-refractivity contribution in [3.63, 3.8) is 0 Å². The number of carbonyl (C=O) groups excluding carboxylic acids is 1. The molecule has 0 radical (unpaired) electrons. The van der Waals surface area contributed by atoms with E-state index >= 15 is 0 Å². The second kappa shape index (κ2) is 7.46. The lowest BCUT2D eigenvalue weighted by Crippen LogP contribution is -2.22. The fourth-order valence-electron chi connectivity index (χ4n) is 2.89. The van der Waals surface area contributed by atoms with E-state index in [0.29, 0.717) is 11.6 Å². The van der Waals surface area contributed by atoms with Crippen molar-refractivity contribution in [2.75, 3.05) is 6.61 Å². The average Bonchev–Trinajstić information content (AvgIpc) is 2.63. The maximum Gasteiger partial charge on any atom is 0.416 e. The van der Waals surface area contributed by atoms with Gasteiger partial charge in [0.15, 0.2) is 0 Å². The number of halogens is 4. The van der Waals surface area contributed by atoms with Crippen molar-refractivity contribution in [3.8, 4) is 0 Å². The van der Waals surface area contributed by atoms with Gasteiger partial charge in [-0.25, -0.2) is 9.18 Å². The Balaban J connectivity index is 2.24. The van der Waals surface area contributed by atoms with Crippen LogP contribution >= 0.6 is 0 Å². The van der Waals surface area contributed by atoms with Crippen molar-refractivity contribution in [1.29, 1.82) is 0 Å². The summed E-state index contributed by atoms with van der Waals surface area (Å²) in [6.45, 7) is 1.60. The van der Waals surface area contributed by atoms with Crippen molar-refractivity contribution in [2.24, 2.45) is 0 Å². The summed E-state index contributed by atoms with van der Waals surface area (Å²) in [7, 11) is 0. The molecule has 0 fully saturated rings. The highest BCUT2D eigenvalue weighted by molar-refractivity contribution is 5.94. The van der Waals surface area contributed by atoms with Gasteiger partial charge in [-0.1, -0.05) is 12.1 Å². The molecule has 0 aliphatic rings. The molecule has 0 saturated carbocycles. The zero-order chi connectivity index (χ0) is 20.5. The van der Waals surface area contributed by atoms with Gasteiger partial charge in [-0.2, -0.15) is 13.2 Å². The number of carbonyl (C=O) groups is 1. The monoisotopic (exact) mass is 393 g/mol. The lowest BCUT2D eigenvalue weighted by molar-refractivity contribution is -0.137. The largest absolute Gasteiger partial charge is 0.462 e. The number of nitrogens with zero attached hydrogens (tertiary/aromatic N) is 1. The normalized spacial score (nSPS) is 11.6. The molecule has 0 aliphatic carbocycles. The fraction of sp³-hybridized carbons (Fsp3) is 0.200. The Morgan fingerprint density at radius 1 is 1.14 bits per heavy atom. The maximum absolute atomic E-state index is 13.5. The van der Waals surface area contributed by atoms with Crippen molar-refractivity contribution >= 4 is 16.9 Å². The molecule has 0 aliphatic heterocycles. The number of alkyl halides is 3. The van der Waals surface area contributed by atoms with E-state index in [1.807, 2.05) is 0 Å². The molecular weight excluding hydrogens is 378 g/mol. The number of esters is 1. The van der Waals surface area contributed by atoms with E-state index in [0.717, 1.165) is 12.1 Å². The third-order valence-corrected chi connectivity index (χ3v) is 4.14. The summed E-state index contributed by atoms with van der Waals surface area (Å²) in [5.74, 6) is -1.41. The molecular formula is C20H15F4NO3. The van der Waals surface area contributed by atoms with Gasteiger partial charge >= 0.3 is 12.1 Å². The molecule has 0 saturated heterocycles. The van der Waals surface area contributed by atoms with E-state index in [9.17, 15) is 27.2 Å². The minimum absolute atomic E-state index is 0.00278. The van der Waals surface area contributed by atoms with Gasteiger partial charge in [0.05, 0.1) is 17.7 Å². The molecule has 0 N–H and O–H groups in total. The smallest absolute Gasteiger partial charge is 0.416 e. The molecule has 3 aromatic rings. The first-order chi connectivity index (χ1) is 13.2. The van der Waals surface area contributed by atoms with Crippen LogP contribution in [0.15, 0.2) is 53.5 Å². The second-order valence-electron chi connectivity index (χ2n) is 6.08. The van der Waals surface area contributed by atoms with Crippen LogP contribution in [0.3, 0.4) is 0 Å². The number of pyridine rings is 1. The molecule has 0 spiro atoms. The van der Waals surface area contributed by atoms with Crippen LogP contribution in [0.4, 0.5) is 17.6 Å². The molecule has 1 heterocycles. The number of aromatic nitrogens is 1. The summed E-state index contributed by atoms with van der Waals surface area (Å²) in [6, 6.07) is 8.36. The first-order valence-corrected chi connectivity index (χ1v) is 8.36. The topological polar surface area (TPSA) is 48.3 Å². The fourth-order valence-corrected chi connectivity index (χ4v) is 2.89. The van der Waals surface area contributed by atoms with Crippen molar-refractivity contribution in [2.45, 2.75) is 19.6 Å². The van der Waals surface area contributed by atoms with Crippen LogP contribution in [0, 0.1) is 5.82 Å². The molecule has 3 rings (SSSR count). The molecule has 0 amide bonds. The van der Waals surface area contributed by atoms with Gasteiger partial charge in [-0.15, -0.1) is 0 Å². The molecule has 8 heteroatoms. The van der Waals surface area contributed by atoms with E-state index in [-0.39, 0.29) is 29.6 Å². The van der Waals surface area contributed by atoms with Crippen molar-refractivity contribution in [3.05, 3.63) is 81.4 Å². The molecule has 1 aromatic heterocycles. The van der Waals surface area contributed by atoms with E-state index in [1.165, 1.54) is 29.0 Å². The predicted octanol–water partition coefficient (Wildman–Crippen LogP) is 4.38. The van der Waals surface area contributed by atoms with Gasteiger partial charge in [0.1, 0.15) is 11.4 Å². The summed E-state index contributed by atoms with van der Waals surface area (Å²) in [4.78, 5) is 24.8. The van der Waals surface area contributed by atoms with Gasteiger partial charge in [-0.3, -0.25) is 4.79 Å². The van der Waals surface area contributed by atoms with Crippen LogP contribution < -0.4 is 5.43 Å². The van der Waals surface area contributed by atoms with Crippen molar-refractivity contribution < 1.29 is 27.1 Å². The van der Waals surface area contributed by atoms with E-state index in [2.05, 4.69) is 0 Å². The Labute approximate surface area is 157 Å². The molecule has 0 atom stereocenters. The Hall–Kier alpha value is -3.16. The Bertz CT molecular complexity index is 1100. The van der Waals surface area contributed by atoms with Gasteiger partial charge in [-0.05, 0) is 42.8 Å². The molecule has 0 unspecified atom stereocenters. The van der Waals surface area contributed by atoms with Crippen LogP contribution in [0.2, 0.25) is 0 Å². The summed E-state index contributed by atoms with van der Waals surface area (Å²) < 4.78 is 59.0. The van der Waals surface area contributed by atoms with Crippen LogP contribution in [0.25, 0.3) is 10.9 Å². The molecule has 0 bridgehead atoms. The summed E-state index contributed by atoms with van der Waals surface area (Å²) in [6.07, 6.45) is -3.42. The number of benzene rings is 2. The van der Waals surface area contributed by atoms with Crippen LogP contribution in [0.1, 0.15) is 28.4 Å². The molecule has 2 aromatic carbocycles. The first kappa shape index (κ1) is 19.6. The zero-order valence-corrected chi connectivity index (χ0v) is 14.7. The number of ether oxygens (including phenoxy) is 1. The van der Waals surface area contributed by atoms with Crippen LogP contribution in [-0.2, 0) is 17.5 Å². The molecule has 146 valence electrons. The van der Waals surface area contributed by atoms with E-state index in [1.54, 1.807) is 13.0 Å². The molecule has 4 nitrogen and oxygen atoms in total. The number of hydrogen-bond donors (Lipinski definition) is 0. The molecule has 28 heavy (non-hydrogen) atoms. The first-order valence-electron chi connectivity index (χ1n) is 8.36. The van der Waals surface area contributed by atoms with Gasteiger partial charge in [0.2, 0.25) is 5.43 Å². The highest BCUT2D eigenvalue weighted by Gasteiger charge is 2.31. The zero-order valence-electron chi connectivity index (χ0n) is 14.7. The van der Waals surface area contributed by atoms with E-state index < -0.39 is 29.0 Å². The highest BCUT2D eigenvalue weighted by Crippen LogP contribution is 2.31. The van der Waals surface area contributed by atoms with Crippen LogP contribution in [-0.4, -0.2) is 17.1 Å². The standard InChI is InChI=1S/C20H15F4NO3/c1-2-28-19(27)16-11-25(10-12-4-3-5-14(21)8-12)17-7-6-13(20(22,23)24)9-15(17)18(16)26/h3-9,11H,2,10H2,1H3. The summed E-state index contributed by atoms with van der Waals surface area (Å²) >= 11 is 0. The lowest BCUT2D eigenvalue weighted by atomic mass is 10.1. The van der Waals surface area contributed by atoms with Crippen LogP contribution in [0.5, 0.6) is 0 Å². The van der Waals surface area contributed by atoms with Gasteiger partial charge in [0, 0.05) is 18.1 Å². The summed E-state index contributed by atoms with van der Waals surface area (Å²) in [5, 5.41) is -0.267. The van der Waals surface area contributed by atoms with Crippen molar-refractivity contribution in [1.82, 2.24) is 4.57 Å². The van der Waals surface area contributed by atoms with Gasteiger partial charge in [0.25, 0.3) is 0 Å². The summed E-state index contributed by atoms with van der Waals surface area (Å²) in [5.41, 5.74) is -1.54. The predicted molar refractivity (Wildman–Crippen MR) is 94.7 cm³/mol. The quantitative estimate of drug-likeness (QED) is 0.488. The average molecular weight is 393 g/mol. The highest BCUT2D eigenvalue weighted by atomic mass is 19.4. The Kier molecular flexibility index (Phi) is 5.22.